The van der Waals surface area contributed by atoms with Gasteiger partial charge in [0.25, 0.3) is 0 Å². The number of amides is 1. The number of benzene rings is 2. The Balaban J connectivity index is 1.88. The van der Waals surface area contributed by atoms with Gasteiger partial charge in [-0.2, -0.15) is 0 Å². The molecule has 2 rings (SSSR count). The highest BCUT2D eigenvalue weighted by Crippen LogP contribution is 2.19. The molecule has 2 aromatic rings. The Hall–Kier alpha value is -2.41. The van der Waals surface area contributed by atoms with Gasteiger partial charge in [-0.05, 0) is 48.2 Å². The summed E-state index contributed by atoms with van der Waals surface area (Å²) in [4.78, 5) is 12.0. The summed E-state index contributed by atoms with van der Waals surface area (Å²) in [6, 6.07) is 13.4. The lowest BCUT2D eigenvalue weighted by molar-refractivity contribution is -0.121. The van der Waals surface area contributed by atoms with Crippen molar-refractivity contribution in [2.75, 3.05) is 17.1 Å². The highest BCUT2D eigenvalue weighted by Gasteiger charge is 2.17. The van der Waals surface area contributed by atoms with Crippen LogP contribution in [0.15, 0.2) is 48.5 Å². The number of anilines is 1. The van der Waals surface area contributed by atoms with Crippen LogP contribution in [0, 0.1) is 5.82 Å². The number of hydrogen-bond acceptors (Lipinski definition) is 3. The molecule has 5 nitrogen and oxygen atoms in total. The fourth-order valence-electron chi connectivity index (χ4n) is 2.70. The van der Waals surface area contributed by atoms with Crippen molar-refractivity contribution in [2.45, 2.75) is 32.7 Å². The van der Waals surface area contributed by atoms with Crippen LogP contribution in [0.25, 0.3) is 0 Å². The smallest absolute Gasteiger partial charge is 0.232 e. The normalized spacial score (nSPS) is 11.2. The fraction of sp³-hybridized carbons (Fsp3) is 0.350. The Bertz CT molecular complexity index is 867. The summed E-state index contributed by atoms with van der Waals surface area (Å²) in [6.45, 7) is 2.49. The van der Waals surface area contributed by atoms with E-state index in [-0.39, 0.29) is 31.2 Å². The summed E-state index contributed by atoms with van der Waals surface area (Å²) in [6.07, 6.45) is 2.61. The standard InChI is InChI=1S/C20H25FN2O3S/c1-3-16-9-11-19(12-10-16)23(27(2,25)26)13-5-8-20(24)22-15-17-6-4-7-18(21)14-17/h4,6-7,9-12,14H,3,5,8,13,15H2,1-2H3,(H,22,24). The van der Waals surface area contributed by atoms with Gasteiger partial charge in [-0.3, -0.25) is 9.10 Å². The molecule has 0 aromatic heterocycles. The molecule has 0 aliphatic rings. The van der Waals surface area contributed by atoms with E-state index in [0.29, 0.717) is 17.7 Å². The van der Waals surface area contributed by atoms with Crippen LogP contribution >= 0.6 is 0 Å². The molecule has 0 heterocycles. The average Bonchev–Trinajstić information content (AvgIpc) is 2.63. The predicted molar refractivity (Wildman–Crippen MR) is 105 cm³/mol. The number of nitrogens with one attached hydrogen (secondary N) is 1. The number of aryl methyl sites for hydroxylation is 1. The molecule has 0 spiro atoms. The van der Waals surface area contributed by atoms with Crippen LogP contribution in [-0.2, 0) is 27.8 Å². The highest BCUT2D eigenvalue weighted by molar-refractivity contribution is 7.92. The van der Waals surface area contributed by atoms with Gasteiger partial charge in [0, 0.05) is 19.5 Å². The van der Waals surface area contributed by atoms with Crippen LogP contribution in [0.5, 0.6) is 0 Å². The van der Waals surface area contributed by atoms with E-state index in [2.05, 4.69) is 5.32 Å². The minimum atomic E-state index is -3.44. The fourth-order valence-corrected chi connectivity index (χ4v) is 3.67. The van der Waals surface area contributed by atoms with E-state index in [1.165, 1.54) is 16.4 Å². The van der Waals surface area contributed by atoms with Gasteiger partial charge >= 0.3 is 0 Å². The number of nitrogens with zero attached hydrogens (tertiary/aromatic N) is 1. The Morgan fingerprint density at radius 3 is 2.41 bits per heavy atom. The zero-order valence-corrected chi connectivity index (χ0v) is 16.4. The maximum Gasteiger partial charge on any atom is 0.232 e. The second-order valence-electron chi connectivity index (χ2n) is 6.37. The van der Waals surface area contributed by atoms with Crippen molar-refractivity contribution in [2.24, 2.45) is 0 Å². The molecule has 0 aliphatic heterocycles. The lowest BCUT2D eigenvalue weighted by atomic mass is 10.1. The van der Waals surface area contributed by atoms with Crippen LogP contribution in [0.2, 0.25) is 0 Å². The topological polar surface area (TPSA) is 66.5 Å². The molecule has 2 aromatic carbocycles. The third-order valence-electron chi connectivity index (χ3n) is 4.18. The second kappa shape index (κ2) is 9.50. The molecule has 0 unspecified atom stereocenters. The summed E-state index contributed by atoms with van der Waals surface area (Å²) in [5.74, 6) is -0.548. The van der Waals surface area contributed by atoms with Crippen molar-refractivity contribution < 1.29 is 17.6 Å². The van der Waals surface area contributed by atoms with E-state index in [0.717, 1.165) is 18.2 Å². The second-order valence-corrected chi connectivity index (χ2v) is 8.27. The summed E-state index contributed by atoms with van der Waals surface area (Å²) in [5.41, 5.74) is 2.40. The number of carbonyl (C=O) groups excluding carboxylic acids is 1. The summed E-state index contributed by atoms with van der Waals surface area (Å²) in [7, 11) is -3.44. The number of carbonyl (C=O) groups is 1. The first kappa shape index (κ1) is 20.9. The number of rotatable bonds is 9. The zero-order valence-electron chi connectivity index (χ0n) is 15.6. The van der Waals surface area contributed by atoms with Gasteiger partial charge in [-0.1, -0.05) is 31.2 Å². The molecule has 0 atom stereocenters. The lowest BCUT2D eigenvalue weighted by Gasteiger charge is -2.22. The van der Waals surface area contributed by atoms with Crippen molar-refractivity contribution >= 4 is 21.6 Å². The van der Waals surface area contributed by atoms with Crippen LogP contribution in [0.1, 0.15) is 30.9 Å². The lowest BCUT2D eigenvalue weighted by Crippen LogP contribution is -2.32. The maximum atomic E-state index is 13.1. The zero-order chi connectivity index (χ0) is 19.9. The molecule has 27 heavy (non-hydrogen) atoms. The van der Waals surface area contributed by atoms with Gasteiger partial charge in [0.05, 0.1) is 11.9 Å². The van der Waals surface area contributed by atoms with Gasteiger partial charge in [0.1, 0.15) is 5.82 Å². The van der Waals surface area contributed by atoms with Crippen LogP contribution in [0.4, 0.5) is 10.1 Å². The Morgan fingerprint density at radius 1 is 1.11 bits per heavy atom. The van der Waals surface area contributed by atoms with Crippen molar-refractivity contribution in [3.63, 3.8) is 0 Å². The molecule has 0 bridgehead atoms. The van der Waals surface area contributed by atoms with Gasteiger partial charge < -0.3 is 5.32 Å². The van der Waals surface area contributed by atoms with E-state index < -0.39 is 10.0 Å². The molecule has 0 fully saturated rings. The average molecular weight is 392 g/mol. The van der Waals surface area contributed by atoms with Crippen molar-refractivity contribution in [1.82, 2.24) is 5.32 Å². The minimum absolute atomic E-state index is 0.189. The van der Waals surface area contributed by atoms with E-state index >= 15 is 0 Å². The first-order valence-electron chi connectivity index (χ1n) is 8.87. The van der Waals surface area contributed by atoms with Crippen LogP contribution < -0.4 is 9.62 Å². The van der Waals surface area contributed by atoms with E-state index in [1.54, 1.807) is 24.3 Å². The van der Waals surface area contributed by atoms with E-state index in [1.807, 2.05) is 19.1 Å². The quantitative estimate of drug-likeness (QED) is 0.712. The molecule has 0 radical (unpaired) electrons. The van der Waals surface area contributed by atoms with Gasteiger partial charge in [0.15, 0.2) is 0 Å². The number of sulfonamides is 1. The molecule has 146 valence electrons. The van der Waals surface area contributed by atoms with Crippen molar-refractivity contribution in [3.05, 3.63) is 65.5 Å². The van der Waals surface area contributed by atoms with Gasteiger partial charge in [0.2, 0.25) is 15.9 Å². The Morgan fingerprint density at radius 2 is 1.81 bits per heavy atom. The first-order valence-corrected chi connectivity index (χ1v) is 10.7. The van der Waals surface area contributed by atoms with Crippen LogP contribution in [0.3, 0.4) is 0 Å². The molecule has 7 heteroatoms. The summed E-state index contributed by atoms with van der Waals surface area (Å²) >= 11 is 0. The molecule has 1 amide bonds. The molecule has 0 aliphatic carbocycles. The number of halogens is 1. The Labute approximate surface area is 160 Å². The van der Waals surface area contributed by atoms with Crippen molar-refractivity contribution in [3.8, 4) is 0 Å². The molecule has 1 N–H and O–H groups in total. The van der Waals surface area contributed by atoms with Gasteiger partial charge in [-0.15, -0.1) is 0 Å². The first-order chi connectivity index (χ1) is 12.8. The Kier molecular flexibility index (Phi) is 7.36. The molecule has 0 saturated heterocycles. The third kappa shape index (κ3) is 6.67. The van der Waals surface area contributed by atoms with Crippen molar-refractivity contribution in [1.29, 1.82) is 0 Å². The SMILES string of the molecule is CCc1ccc(N(CCCC(=O)NCc2cccc(F)c2)S(C)(=O)=O)cc1. The molecular weight excluding hydrogens is 367 g/mol. The van der Waals surface area contributed by atoms with E-state index in [9.17, 15) is 17.6 Å². The van der Waals surface area contributed by atoms with Gasteiger partial charge in [-0.25, -0.2) is 12.8 Å². The van der Waals surface area contributed by atoms with Crippen LogP contribution in [-0.4, -0.2) is 27.1 Å². The number of hydrogen-bond donors (Lipinski definition) is 1. The predicted octanol–water partition coefficient (Wildman–Crippen LogP) is 3.25. The monoisotopic (exact) mass is 392 g/mol. The molecule has 0 saturated carbocycles. The van der Waals surface area contributed by atoms with E-state index in [4.69, 9.17) is 0 Å². The highest BCUT2D eigenvalue weighted by atomic mass is 32.2. The summed E-state index contributed by atoms with van der Waals surface area (Å²) < 4.78 is 38.6. The maximum absolute atomic E-state index is 13.1. The minimum Gasteiger partial charge on any atom is -0.352 e. The molecular formula is C20H25FN2O3S. The third-order valence-corrected chi connectivity index (χ3v) is 5.37. The summed E-state index contributed by atoms with van der Waals surface area (Å²) in [5, 5.41) is 2.72. The largest absolute Gasteiger partial charge is 0.352 e.